The predicted molar refractivity (Wildman–Crippen MR) is 101 cm³/mol. The molecule has 0 aromatic rings. The van der Waals surface area contributed by atoms with Crippen molar-refractivity contribution in [2.45, 2.75) is 60.3 Å². The second-order valence-corrected chi connectivity index (χ2v) is 9.65. The van der Waals surface area contributed by atoms with E-state index in [9.17, 15) is 14.4 Å². The number of esters is 2. The second kappa shape index (κ2) is 7.06. The molecule has 0 aromatic heterocycles. The van der Waals surface area contributed by atoms with Gasteiger partial charge in [-0.1, -0.05) is 33.3 Å². The van der Waals surface area contributed by atoms with Crippen molar-refractivity contribution in [1.82, 2.24) is 0 Å². The van der Waals surface area contributed by atoms with Gasteiger partial charge in [0.25, 0.3) is 0 Å². The minimum Gasteiger partial charge on any atom is -0.466 e. The Balaban J connectivity index is 1.89. The average Bonchev–Trinajstić information content (AvgIpc) is 2.56. The van der Waals surface area contributed by atoms with Crippen LogP contribution in [0.4, 0.5) is 0 Å². The number of ether oxygens (including phenoxy) is 2. The maximum absolute atomic E-state index is 12.3. The van der Waals surface area contributed by atoms with Crippen molar-refractivity contribution in [1.29, 1.82) is 0 Å². The first-order valence-electron chi connectivity index (χ1n) is 10.1. The fraction of sp³-hybridized carbons (Fsp3) is 0.773. The number of carbonyl (C=O) groups excluding carboxylic acids is 3. The van der Waals surface area contributed by atoms with Gasteiger partial charge in [0.1, 0.15) is 0 Å². The Kier molecular flexibility index (Phi) is 5.26. The van der Waals surface area contributed by atoms with Crippen LogP contribution in [0.25, 0.3) is 0 Å². The van der Waals surface area contributed by atoms with E-state index in [0.717, 1.165) is 12.8 Å². The summed E-state index contributed by atoms with van der Waals surface area (Å²) in [4.78, 5) is 35.5. The quantitative estimate of drug-likeness (QED) is 0.702. The molecular weight excluding hydrogens is 344 g/mol. The number of allylic oxidation sites excluding steroid dienone is 2. The molecule has 0 N–H and O–H groups in total. The number of hydrogen-bond acceptors (Lipinski definition) is 5. The molecule has 0 spiro atoms. The summed E-state index contributed by atoms with van der Waals surface area (Å²) in [6.07, 6.45) is 4.84. The fourth-order valence-electron chi connectivity index (χ4n) is 5.77. The van der Waals surface area contributed by atoms with E-state index in [4.69, 9.17) is 9.47 Å². The van der Waals surface area contributed by atoms with Crippen LogP contribution in [0.5, 0.6) is 0 Å². The molecule has 1 saturated heterocycles. The molecular formula is C22H32O5. The summed E-state index contributed by atoms with van der Waals surface area (Å²) in [7, 11) is 0. The van der Waals surface area contributed by atoms with Crippen molar-refractivity contribution in [3.8, 4) is 0 Å². The van der Waals surface area contributed by atoms with Gasteiger partial charge in [-0.3, -0.25) is 14.4 Å². The predicted octanol–water partition coefficient (Wildman–Crippen LogP) is 3.71. The highest BCUT2D eigenvalue weighted by Gasteiger charge is 2.53. The van der Waals surface area contributed by atoms with Crippen LogP contribution in [0, 0.1) is 34.5 Å². The van der Waals surface area contributed by atoms with Gasteiger partial charge in [-0.15, -0.1) is 0 Å². The third-order valence-corrected chi connectivity index (χ3v) is 7.53. The molecule has 1 heterocycles. The van der Waals surface area contributed by atoms with Gasteiger partial charge in [0, 0.05) is 25.2 Å². The molecule has 27 heavy (non-hydrogen) atoms. The summed E-state index contributed by atoms with van der Waals surface area (Å²) in [5.41, 5.74) is 1.15. The van der Waals surface area contributed by atoms with E-state index >= 15 is 0 Å². The summed E-state index contributed by atoms with van der Waals surface area (Å²) in [5.74, 6) is 0.406. The topological polar surface area (TPSA) is 69.7 Å². The van der Waals surface area contributed by atoms with Crippen molar-refractivity contribution in [3.05, 3.63) is 11.6 Å². The molecule has 2 aliphatic carbocycles. The smallest absolute Gasteiger partial charge is 0.306 e. The van der Waals surface area contributed by atoms with Crippen LogP contribution in [0.15, 0.2) is 11.6 Å². The fourth-order valence-corrected chi connectivity index (χ4v) is 5.77. The molecule has 0 unspecified atom stereocenters. The first-order chi connectivity index (χ1) is 12.5. The van der Waals surface area contributed by atoms with Crippen LogP contribution in [0.2, 0.25) is 0 Å². The van der Waals surface area contributed by atoms with Gasteiger partial charge in [0.15, 0.2) is 5.78 Å². The van der Waals surface area contributed by atoms with Gasteiger partial charge < -0.3 is 9.47 Å². The molecule has 0 aromatic carbocycles. The van der Waals surface area contributed by atoms with Gasteiger partial charge in [-0.05, 0) is 41.6 Å². The van der Waals surface area contributed by atoms with Crippen molar-refractivity contribution in [3.63, 3.8) is 0 Å². The largest absolute Gasteiger partial charge is 0.466 e. The first kappa shape index (κ1) is 20.1. The third-order valence-electron chi connectivity index (χ3n) is 7.53. The molecule has 1 aliphatic heterocycles. The first-order valence-corrected chi connectivity index (χ1v) is 10.1. The van der Waals surface area contributed by atoms with Crippen LogP contribution in [0.1, 0.15) is 60.3 Å². The zero-order valence-corrected chi connectivity index (χ0v) is 17.2. The van der Waals surface area contributed by atoms with E-state index in [1.54, 1.807) is 0 Å². The number of rotatable bonds is 3. The van der Waals surface area contributed by atoms with Crippen molar-refractivity contribution >= 4 is 17.7 Å². The van der Waals surface area contributed by atoms with Crippen molar-refractivity contribution in [2.75, 3.05) is 13.2 Å². The molecule has 3 rings (SSSR count). The standard InChI is InChI=1S/C22H32O5/c1-13-17-9-16(24)10-21(3,4)18(17)6-7-22(13,5)19-12-27-20(25)8-15(19)11-26-14(2)23/h9,13,15,18-19H,6-8,10-12H2,1-5H3/t13-,15+,18-,19-,22-/m1/s1. The Morgan fingerprint density at radius 1 is 1.30 bits per heavy atom. The van der Waals surface area contributed by atoms with E-state index in [1.165, 1.54) is 12.5 Å². The number of hydrogen-bond donors (Lipinski definition) is 0. The van der Waals surface area contributed by atoms with E-state index in [0.29, 0.717) is 18.9 Å². The molecule has 0 bridgehead atoms. The summed E-state index contributed by atoms with van der Waals surface area (Å²) >= 11 is 0. The van der Waals surface area contributed by atoms with Gasteiger partial charge in [-0.25, -0.2) is 0 Å². The summed E-state index contributed by atoms with van der Waals surface area (Å²) in [5, 5.41) is 0. The lowest BCUT2D eigenvalue weighted by atomic mass is 9.50. The summed E-state index contributed by atoms with van der Waals surface area (Å²) in [6, 6.07) is 0. The highest BCUT2D eigenvalue weighted by atomic mass is 16.5. The molecule has 3 aliphatic rings. The second-order valence-electron chi connectivity index (χ2n) is 9.65. The molecule has 5 atom stereocenters. The Hall–Kier alpha value is -1.65. The lowest BCUT2D eigenvalue weighted by molar-refractivity contribution is -0.166. The zero-order chi connectivity index (χ0) is 20.0. The van der Waals surface area contributed by atoms with E-state index in [1.807, 2.05) is 6.08 Å². The Bertz CT molecular complexity index is 676. The molecule has 5 heteroatoms. The summed E-state index contributed by atoms with van der Waals surface area (Å²) < 4.78 is 10.7. The maximum Gasteiger partial charge on any atom is 0.306 e. The highest BCUT2D eigenvalue weighted by Crippen LogP contribution is 2.58. The zero-order valence-electron chi connectivity index (χ0n) is 17.2. The monoisotopic (exact) mass is 376 g/mol. The minimum absolute atomic E-state index is 0.00701. The maximum atomic E-state index is 12.3. The van der Waals surface area contributed by atoms with Crippen molar-refractivity contribution < 1.29 is 23.9 Å². The van der Waals surface area contributed by atoms with Gasteiger partial charge in [-0.2, -0.15) is 0 Å². The Morgan fingerprint density at radius 2 is 2.00 bits per heavy atom. The molecule has 2 fully saturated rings. The van der Waals surface area contributed by atoms with Crippen molar-refractivity contribution in [2.24, 2.45) is 34.5 Å². The van der Waals surface area contributed by atoms with E-state index in [2.05, 4.69) is 27.7 Å². The third kappa shape index (κ3) is 3.70. The Labute approximate surface area is 161 Å². The van der Waals surface area contributed by atoms with E-state index in [-0.39, 0.29) is 59.3 Å². The normalized spacial score (nSPS) is 38.5. The van der Waals surface area contributed by atoms with Crippen LogP contribution >= 0.6 is 0 Å². The number of fused-ring (bicyclic) bond motifs is 1. The van der Waals surface area contributed by atoms with Crippen LogP contribution in [0.3, 0.4) is 0 Å². The SMILES string of the molecule is CC(=O)OC[C@@H]1CC(=O)OC[C@H]1[C@]1(C)CC[C@@H]2C(=CC(=O)CC2(C)C)[C@H]1C. The Morgan fingerprint density at radius 3 is 2.67 bits per heavy atom. The average molecular weight is 376 g/mol. The van der Waals surface area contributed by atoms with Gasteiger partial charge in [0.2, 0.25) is 0 Å². The minimum atomic E-state index is -0.322. The van der Waals surface area contributed by atoms with Crippen LogP contribution in [-0.4, -0.2) is 30.9 Å². The number of cyclic esters (lactones) is 1. The number of ketones is 1. The lowest BCUT2D eigenvalue weighted by Crippen LogP contribution is -2.51. The molecule has 0 radical (unpaired) electrons. The molecule has 0 amide bonds. The van der Waals surface area contributed by atoms with Crippen LogP contribution < -0.4 is 0 Å². The van der Waals surface area contributed by atoms with Crippen LogP contribution in [-0.2, 0) is 23.9 Å². The molecule has 150 valence electrons. The van der Waals surface area contributed by atoms with Gasteiger partial charge >= 0.3 is 11.9 Å². The lowest BCUT2D eigenvalue weighted by Gasteiger charge is -2.55. The van der Waals surface area contributed by atoms with Gasteiger partial charge in [0.05, 0.1) is 19.6 Å². The summed E-state index contributed by atoms with van der Waals surface area (Å²) in [6.45, 7) is 10.9. The molecule has 5 nitrogen and oxygen atoms in total. The number of carbonyl (C=O) groups is 3. The van der Waals surface area contributed by atoms with E-state index < -0.39 is 0 Å². The highest BCUT2D eigenvalue weighted by molar-refractivity contribution is 5.92. The molecule has 1 saturated carbocycles.